The maximum Gasteiger partial charge on any atom is 0.143 e. The van der Waals surface area contributed by atoms with Crippen LogP contribution in [0.3, 0.4) is 0 Å². The van der Waals surface area contributed by atoms with Crippen molar-refractivity contribution >= 4 is 60.8 Å². The van der Waals surface area contributed by atoms with E-state index < -0.39 is 0 Å². The van der Waals surface area contributed by atoms with Crippen LogP contribution in [-0.4, -0.2) is 4.98 Å². The molecule has 0 amide bonds. The van der Waals surface area contributed by atoms with Crippen molar-refractivity contribution in [3.8, 4) is 77.9 Å². The SMILES string of the molecule is Cc1ccccc1-c1ccc(-c2ccc(N(c3ccc(-c4cccc5c4oc4ccccc45)cc3)c3ccc4c(c3)C(C)(C)c3ccccc3-4)cc2)cc1-c1cc(-c2ccccc2)cc2c1[nH]c1ccc(-c3ccccc3)cc12. The first kappa shape index (κ1) is 46.4. The number of rotatable bonds is 9. The van der Waals surface area contributed by atoms with Crippen molar-refractivity contribution in [2.75, 3.05) is 4.90 Å². The number of aromatic amines is 1. The fourth-order valence-corrected chi connectivity index (χ4v) is 12.7. The molecule has 1 aliphatic carbocycles. The highest BCUT2D eigenvalue weighted by atomic mass is 16.3. The summed E-state index contributed by atoms with van der Waals surface area (Å²) in [5, 5.41) is 4.67. The number of nitrogens with zero attached hydrogens (tertiary/aromatic N) is 1. The van der Waals surface area contributed by atoms with Gasteiger partial charge >= 0.3 is 0 Å². The molecule has 3 nitrogen and oxygen atoms in total. The van der Waals surface area contributed by atoms with Gasteiger partial charge in [0.05, 0.1) is 5.52 Å². The number of hydrogen-bond donors (Lipinski definition) is 1. The summed E-state index contributed by atoms with van der Waals surface area (Å²) in [6.07, 6.45) is 0. The summed E-state index contributed by atoms with van der Waals surface area (Å²) >= 11 is 0. The molecule has 79 heavy (non-hydrogen) atoms. The lowest BCUT2D eigenvalue weighted by Gasteiger charge is -2.28. The van der Waals surface area contributed by atoms with Gasteiger partial charge in [0.15, 0.2) is 0 Å². The lowest BCUT2D eigenvalue weighted by Crippen LogP contribution is -2.16. The zero-order valence-corrected chi connectivity index (χ0v) is 44.3. The number of fused-ring (bicyclic) bond motifs is 9. The van der Waals surface area contributed by atoms with Gasteiger partial charge in [-0.2, -0.15) is 0 Å². The number of H-pyrrole nitrogens is 1. The first-order chi connectivity index (χ1) is 38.8. The van der Waals surface area contributed by atoms with E-state index in [0.29, 0.717) is 0 Å². The standard InChI is InChI=1S/C76H54N2O/c1-48-17-10-11-22-59(48)61-40-33-53(43-66(61)68-45-55(50-20-8-5-9-21-50)46-69-67-44-54(49-18-6-4-7-19-49)34-42-72(67)77-74(68)69)51-29-35-56(36-30-51)78(58-39-41-63-62-23-12-14-27-70(62)76(2,3)71(63)47-58)57-37-31-52(32-38-57)60-25-16-26-65-64-24-13-15-28-73(64)79-75(60)65/h4-47,77H,1-3H3. The maximum atomic E-state index is 6.52. The first-order valence-corrected chi connectivity index (χ1v) is 27.4. The second-order valence-corrected chi connectivity index (χ2v) is 21.7. The van der Waals surface area contributed by atoms with Crippen LogP contribution >= 0.6 is 0 Å². The number of anilines is 3. The normalized spacial score (nSPS) is 12.6. The number of furan rings is 1. The van der Waals surface area contributed by atoms with Crippen LogP contribution < -0.4 is 4.90 Å². The van der Waals surface area contributed by atoms with E-state index in [9.17, 15) is 0 Å². The monoisotopic (exact) mass is 1010 g/mol. The van der Waals surface area contributed by atoms with Crippen LogP contribution in [0.2, 0.25) is 0 Å². The molecule has 0 saturated carbocycles. The molecular formula is C76H54N2O. The number of hydrogen-bond acceptors (Lipinski definition) is 2. The summed E-state index contributed by atoms with van der Waals surface area (Å²) in [5.41, 5.74) is 27.7. The predicted molar refractivity (Wildman–Crippen MR) is 333 cm³/mol. The minimum atomic E-state index is -0.154. The molecule has 0 unspecified atom stereocenters. The van der Waals surface area contributed by atoms with Gasteiger partial charge in [0.1, 0.15) is 11.2 Å². The summed E-state index contributed by atoms with van der Waals surface area (Å²) in [6.45, 7) is 6.93. The lowest BCUT2D eigenvalue weighted by atomic mass is 9.82. The van der Waals surface area contributed by atoms with Gasteiger partial charge in [0.25, 0.3) is 0 Å². The van der Waals surface area contributed by atoms with Crippen molar-refractivity contribution in [3.63, 3.8) is 0 Å². The summed E-state index contributed by atoms with van der Waals surface area (Å²) in [7, 11) is 0. The van der Waals surface area contributed by atoms with Crippen LogP contribution in [0, 0.1) is 6.92 Å². The number of para-hydroxylation sites is 2. The smallest absolute Gasteiger partial charge is 0.143 e. The Morgan fingerprint density at radius 2 is 0.873 bits per heavy atom. The van der Waals surface area contributed by atoms with E-state index in [1.807, 2.05) is 6.07 Å². The average Bonchev–Trinajstić information content (AvgIpc) is 4.19. The molecule has 2 heterocycles. The van der Waals surface area contributed by atoms with E-state index in [0.717, 1.165) is 72.3 Å². The van der Waals surface area contributed by atoms with Crippen molar-refractivity contribution in [1.82, 2.24) is 4.98 Å². The maximum absolute atomic E-state index is 6.52. The van der Waals surface area contributed by atoms with Gasteiger partial charge in [-0.05, 0) is 163 Å². The van der Waals surface area contributed by atoms with Gasteiger partial charge in [-0.25, -0.2) is 0 Å². The van der Waals surface area contributed by atoms with Crippen LogP contribution in [0.15, 0.2) is 271 Å². The Kier molecular flexibility index (Phi) is 10.8. The number of aryl methyl sites for hydroxylation is 1. The Hall–Kier alpha value is -9.96. The van der Waals surface area contributed by atoms with Crippen LogP contribution in [0.5, 0.6) is 0 Å². The molecule has 374 valence electrons. The molecular weight excluding hydrogens is 957 g/mol. The Balaban J connectivity index is 0.874. The molecule has 0 saturated heterocycles. The fourth-order valence-electron chi connectivity index (χ4n) is 12.7. The van der Waals surface area contributed by atoms with Crippen molar-refractivity contribution in [2.24, 2.45) is 0 Å². The summed E-state index contributed by atoms with van der Waals surface area (Å²) in [6, 6.07) is 97.7. The minimum Gasteiger partial charge on any atom is -0.455 e. The minimum absolute atomic E-state index is 0.154. The van der Waals surface area contributed by atoms with Crippen molar-refractivity contribution in [1.29, 1.82) is 0 Å². The van der Waals surface area contributed by atoms with Crippen LogP contribution in [0.4, 0.5) is 17.1 Å². The van der Waals surface area contributed by atoms with Gasteiger partial charge in [0.2, 0.25) is 0 Å². The number of aromatic nitrogens is 1. The van der Waals surface area contributed by atoms with E-state index in [1.165, 1.54) is 83.1 Å². The lowest BCUT2D eigenvalue weighted by molar-refractivity contribution is 0.660. The van der Waals surface area contributed by atoms with Crippen LogP contribution in [0.25, 0.3) is 122 Å². The summed E-state index contributed by atoms with van der Waals surface area (Å²) < 4.78 is 6.52. The molecule has 0 aliphatic heterocycles. The molecule has 0 radical (unpaired) electrons. The third-order valence-electron chi connectivity index (χ3n) is 16.8. The van der Waals surface area contributed by atoms with Gasteiger partial charge in [0, 0.05) is 60.7 Å². The van der Waals surface area contributed by atoms with Gasteiger partial charge in [-0.1, -0.05) is 208 Å². The quantitative estimate of drug-likeness (QED) is 0.156. The summed E-state index contributed by atoms with van der Waals surface area (Å²) in [4.78, 5) is 6.36. The molecule has 14 aromatic rings. The van der Waals surface area contributed by atoms with Crippen molar-refractivity contribution < 1.29 is 4.42 Å². The molecule has 0 spiro atoms. The molecule has 1 aliphatic rings. The molecule has 15 rings (SSSR count). The summed E-state index contributed by atoms with van der Waals surface area (Å²) in [5.74, 6) is 0. The Bertz CT molecular complexity index is 4680. The van der Waals surface area contributed by atoms with E-state index in [1.54, 1.807) is 0 Å². The number of benzene rings is 12. The largest absolute Gasteiger partial charge is 0.455 e. The molecule has 3 heteroatoms. The highest BCUT2D eigenvalue weighted by Gasteiger charge is 2.36. The van der Waals surface area contributed by atoms with E-state index >= 15 is 0 Å². The molecule has 1 N–H and O–H groups in total. The Labute approximate surface area is 460 Å². The fraction of sp³-hybridized carbons (Fsp3) is 0.0526. The van der Waals surface area contributed by atoms with Gasteiger partial charge in [-0.15, -0.1) is 0 Å². The van der Waals surface area contributed by atoms with Crippen molar-refractivity contribution in [2.45, 2.75) is 26.2 Å². The Morgan fingerprint density at radius 3 is 1.65 bits per heavy atom. The topological polar surface area (TPSA) is 32.2 Å². The third kappa shape index (κ3) is 7.72. The first-order valence-electron chi connectivity index (χ1n) is 27.4. The zero-order chi connectivity index (χ0) is 52.8. The Morgan fingerprint density at radius 1 is 0.329 bits per heavy atom. The average molecular weight is 1010 g/mol. The second-order valence-electron chi connectivity index (χ2n) is 21.7. The molecule has 0 fully saturated rings. The highest BCUT2D eigenvalue weighted by molar-refractivity contribution is 6.16. The predicted octanol–water partition coefficient (Wildman–Crippen LogP) is 21.3. The highest BCUT2D eigenvalue weighted by Crippen LogP contribution is 2.51. The molecule has 0 bridgehead atoms. The third-order valence-corrected chi connectivity index (χ3v) is 16.8. The van der Waals surface area contributed by atoms with E-state index in [-0.39, 0.29) is 5.41 Å². The van der Waals surface area contributed by atoms with E-state index in [4.69, 9.17) is 4.42 Å². The zero-order valence-electron chi connectivity index (χ0n) is 44.3. The van der Waals surface area contributed by atoms with Gasteiger partial charge in [-0.3, -0.25) is 0 Å². The van der Waals surface area contributed by atoms with Crippen molar-refractivity contribution in [3.05, 3.63) is 284 Å². The number of nitrogens with one attached hydrogen (secondary N) is 1. The molecule has 12 aromatic carbocycles. The second kappa shape index (κ2) is 18.4. The van der Waals surface area contributed by atoms with Crippen LogP contribution in [0.1, 0.15) is 30.5 Å². The van der Waals surface area contributed by atoms with E-state index in [2.05, 4.69) is 292 Å². The van der Waals surface area contributed by atoms with Gasteiger partial charge < -0.3 is 14.3 Å². The molecule has 0 atom stereocenters. The van der Waals surface area contributed by atoms with Crippen LogP contribution in [-0.2, 0) is 5.41 Å². The molecule has 2 aromatic heterocycles.